The Hall–Kier alpha value is -3.62. The van der Waals surface area contributed by atoms with E-state index in [9.17, 15) is 24.3 Å². The zero-order valence-corrected chi connectivity index (χ0v) is 24.7. The maximum atomic E-state index is 14.0. The first-order valence-electron chi connectivity index (χ1n) is 13.3. The second-order valence-corrected chi connectivity index (χ2v) is 12.6. The number of aromatic nitrogens is 1. The van der Waals surface area contributed by atoms with Gasteiger partial charge in [-0.1, -0.05) is 72.7 Å². The molecule has 0 aliphatic carbocycles. The number of hydrogen-bond acceptors (Lipinski definition) is 4. The van der Waals surface area contributed by atoms with Gasteiger partial charge in [0.15, 0.2) is 0 Å². The van der Waals surface area contributed by atoms with E-state index in [0.717, 1.165) is 16.5 Å². The van der Waals surface area contributed by atoms with Crippen LogP contribution in [0.5, 0.6) is 0 Å². The highest BCUT2D eigenvalue weighted by molar-refractivity contribution is 6.06. The molecule has 39 heavy (non-hydrogen) atoms. The molecule has 0 fully saturated rings. The molecule has 3 atom stereocenters. The van der Waals surface area contributed by atoms with E-state index in [1.165, 1.54) is 16.7 Å². The molecule has 212 valence electrons. The van der Waals surface area contributed by atoms with Crippen LogP contribution in [0.15, 0.2) is 35.9 Å². The zero-order valence-electron chi connectivity index (χ0n) is 24.7. The Labute approximate surface area is 230 Å². The molecule has 3 N–H and O–H groups in total. The lowest BCUT2D eigenvalue weighted by Crippen LogP contribution is -2.64. The van der Waals surface area contributed by atoms with Crippen LogP contribution >= 0.6 is 0 Å². The third-order valence-corrected chi connectivity index (χ3v) is 7.84. The highest BCUT2D eigenvalue weighted by Gasteiger charge is 2.50. The largest absolute Gasteiger partial charge is 0.478 e. The Morgan fingerprint density at radius 1 is 1.18 bits per heavy atom. The number of aromatic amines is 1. The fraction of sp³-hybridized carbons (Fsp3) is 0.533. The van der Waals surface area contributed by atoms with Gasteiger partial charge in [-0.3, -0.25) is 14.4 Å². The number of carboxylic acid groups (broad SMARTS) is 1. The molecule has 0 spiro atoms. The van der Waals surface area contributed by atoms with E-state index >= 15 is 0 Å². The van der Waals surface area contributed by atoms with Crippen molar-refractivity contribution >= 4 is 34.6 Å². The standard InChI is InChI=1S/C30H42N4O5/c1-16(2)20(15-17(3)28(38)39)33(9)27(37)23(29(4,5)6)32-25(35)24-30(7,8)21-18-13-11-12-14-19(18)31-22(21)26(36)34(24)10/h11-16,20,23-24,31H,1-10H3,(H,32,35)(H,38,39). The van der Waals surface area contributed by atoms with Crippen molar-refractivity contribution in [1.82, 2.24) is 20.1 Å². The van der Waals surface area contributed by atoms with Crippen molar-refractivity contribution in [3.63, 3.8) is 0 Å². The van der Waals surface area contributed by atoms with Crippen LogP contribution in [-0.4, -0.2) is 75.8 Å². The molecule has 0 bridgehead atoms. The van der Waals surface area contributed by atoms with Crippen molar-refractivity contribution < 1.29 is 24.3 Å². The highest BCUT2D eigenvalue weighted by atomic mass is 16.4. The van der Waals surface area contributed by atoms with E-state index in [-0.39, 0.29) is 23.3 Å². The summed E-state index contributed by atoms with van der Waals surface area (Å²) in [6, 6.07) is 5.37. The van der Waals surface area contributed by atoms with E-state index in [1.54, 1.807) is 20.2 Å². The van der Waals surface area contributed by atoms with Gasteiger partial charge in [-0.2, -0.15) is 0 Å². The predicted octanol–water partition coefficient (Wildman–Crippen LogP) is 3.94. The maximum absolute atomic E-state index is 14.0. The van der Waals surface area contributed by atoms with Gasteiger partial charge in [-0.15, -0.1) is 0 Å². The molecule has 1 aliphatic rings. The first-order chi connectivity index (χ1) is 17.9. The average Bonchev–Trinajstić information content (AvgIpc) is 3.23. The number of amides is 3. The van der Waals surface area contributed by atoms with E-state index in [2.05, 4.69) is 10.3 Å². The molecule has 2 aromatic rings. The normalized spacial score (nSPS) is 19.1. The second-order valence-electron chi connectivity index (χ2n) is 12.6. The van der Waals surface area contributed by atoms with Crippen LogP contribution in [0.4, 0.5) is 0 Å². The van der Waals surface area contributed by atoms with Crippen molar-refractivity contribution in [3.05, 3.63) is 47.2 Å². The summed E-state index contributed by atoms with van der Waals surface area (Å²) < 4.78 is 0. The lowest BCUT2D eigenvalue weighted by atomic mass is 9.72. The molecule has 2 heterocycles. The number of aliphatic carboxylic acids is 1. The minimum absolute atomic E-state index is 0.0640. The van der Waals surface area contributed by atoms with Gasteiger partial charge in [-0.25, -0.2) is 4.79 Å². The Kier molecular flexibility index (Phi) is 8.06. The summed E-state index contributed by atoms with van der Waals surface area (Å²) in [6.07, 6.45) is 1.57. The molecule has 1 aromatic carbocycles. The third kappa shape index (κ3) is 5.44. The van der Waals surface area contributed by atoms with E-state index in [1.807, 2.05) is 72.7 Å². The van der Waals surface area contributed by atoms with Gasteiger partial charge in [0.05, 0.1) is 6.04 Å². The summed E-state index contributed by atoms with van der Waals surface area (Å²) in [5.41, 5.74) is 0.792. The van der Waals surface area contributed by atoms with E-state index < -0.39 is 40.8 Å². The van der Waals surface area contributed by atoms with Gasteiger partial charge in [0.25, 0.3) is 5.91 Å². The summed E-state index contributed by atoms with van der Waals surface area (Å²) in [6.45, 7) is 14.8. The smallest absolute Gasteiger partial charge is 0.331 e. The summed E-state index contributed by atoms with van der Waals surface area (Å²) >= 11 is 0. The summed E-state index contributed by atoms with van der Waals surface area (Å²) in [4.78, 5) is 59.0. The van der Waals surface area contributed by atoms with Gasteiger partial charge in [-0.05, 0) is 29.9 Å². The van der Waals surface area contributed by atoms with Crippen LogP contribution < -0.4 is 5.32 Å². The quantitative estimate of drug-likeness (QED) is 0.461. The number of carbonyl (C=O) groups excluding carboxylic acids is 3. The Morgan fingerprint density at radius 3 is 2.31 bits per heavy atom. The van der Waals surface area contributed by atoms with Crippen LogP contribution in [0.25, 0.3) is 10.9 Å². The molecule has 1 aromatic heterocycles. The molecular formula is C30H42N4O5. The van der Waals surface area contributed by atoms with Crippen LogP contribution in [0.3, 0.4) is 0 Å². The van der Waals surface area contributed by atoms with Crippen molar-refractivity contribution in [2.75, 3.05) is 14.1 Å². The first kappa shape index (κ1) is 29.9. The molecule has 3 rings (SSSR count). The minimum Gasteiger partial charge on any atom is -0.478 e. The van der Waals surface area contributed by atoms with Crippen LogP contribution in [0.1, 0.15) is 71.4 Å². The van der Waals surface area contributed by atoms with Crippen molar-refractivity contribution in [3.8, 4) is 0 Å². The number of nitrogens with zero attached hydrogens (tertiary/aromatic N) is 2. The Morgan fingerprint density at radius 2 is 1.77 bits per heavy atom. The number of hydrogen-bond donors (Lipinski definition) is 3. The molecule has 3 unspecified atom stereocenters. The molecule has 1 aliphatic heterocycles. The average molecular weight is 539 g/mol. The fourth-order valence-corrected chi connectivity index (χ4v) is 5.69. The minimum atomic E-state index is -1.05. The number of para-hydroxylation sites is 1. The molecule has 0 saturated carbocycles. The predicted molar refractivity (Wildman–Crippen MR) is 151 cm³/mol. The van der Waals surface area contributed by atoms with Crippen molar-refractivity contribution in [2.45, 2.75) is 78.9 Å². The topological polar surface area (TPSA) is 123 Å². The van der Waals surface area contributed by atoms with Gasteiger partial charge >= 0.3 is 5.97 Å². The molecule has 3 amide bonds. The maximum Gasteiger partial charge on any atom is 0.331 e. The Balaban J connectivity index is 2.00. The number of carboxylic acids is 1. The lowest BCUT2D eigenvalue weighted by molar-refractivity contribution is -0.141. The molecule has 0 saturated heterocycles. The third-order valence-electron chi connectivity index (χ3n) is 7.84. The summed E-state index contributed by atoms with van der Waals surface area (Å²) in [5.74, 6) is -2.16. The van der Waals surface area contributed by atoms with E-state index in [0.29, 0.717) is 5.69 Å². The number of carbonyl (C=O) groups is 4. The molecular weight excluding hydrogens is 496 g/mol. The van der Waals surface area contributed by atoms with Crippen LogP contribution in [-0.2, 0) is 19.8 Å². The SMILES string of the molecule is CC(=CC(C(C)C)N(C)C(=O)C(NC(=O)C1N(C)C(=O)c2[nH]c3ccccc3c2C1(C)C)C(C)(C)C)C(=O)O. The number of rotatable bonds is 7. The molecule has 9 heteroatoms. The second kappa shape index (κ2) is 10.5. The van der Waals surface area contributed by atoms with Crippen molar-refractivity contribution in [1.29, 1.82) is 0 Å². The summed E-state index contributed by atoms with van der Waals surface area (Å²) in [7, 11) is 3.24. The lowest BCUT2D eigenvalue weighted by Gasteiger charge is -2.45. The van der Waals surface area contributed by atoms with Crippen molar-refractivity contribution in [2.24, 2.45) is 11.3 Å². The summed E-state index contributed by atoms with van der Waals surface area (Å²) in [5, 5.41) is 13.3. The van der Waals surface area contributed by atoms with E-state index in [4.69, 9.17) is 0 Å². The fourth-order valence-electron chi connectivity index (χ4n) is 5.69. The number of nitrogens with one attached hydrogen (secondary N) is 2. The number of fused-ring (bicyclic) bond motifs is 3. The molecule has 0 radical (unpaired) electrons. The van der Waals surface area contributed by atoms with Gasteiger partial charge < -0.3 is 25.2 Å². The zero-order chi connectivity index (χ0) is 29.6. The van der Waals surface area contributed by atoms with Gasteiger partial charge in [0, 0.05) is 36.0 Å². The molecule has 9 nitrogen and oxygen atoms in total. The van der Waals surface area contributed by atoms with Gasteiger partial charge in [0.2, 0.25) is 11.8 Å². The number of H-pyrrole nitrogens is 1. The van der Waals surface area contributed by atoms with Crippen LogP contribution in [0, 0.1) is 11.3 Å². The number of likely N-dealkylation sites (N-methyl/N-ethyl adjacent to an activating group) is 2. The first-order valence-corrected chi connectivity index (χ1v) is 13.3. The van der Waals surface area contributed by atoms with Gasteiger partial charge in [0.1, 0.15) is 17.8 Å². The highest BCUT2D eigenvalue weighted by Crippen LogP contribution is 2.42. The number of benzene rings is 1. The monoisotopic (exact) mass is 538 g/mol. The Bertz CT molecular complexity index is 1330. The van der Waals surface area contributed by atoms with Crippen LogP contribution in [0.2, 0.25) is 0 Å².